The number of carbonyl (C=O) groups is 2. The van der Waals surface area contributed by atoms with Crippen LogP contribution in [0.15, 0.2) is 66.7 Å². The second-order valence-corrected chi connectivity index (χ2v) is 8.03. The minimum atomic E-state index is -1.05. The maximum absolute atomic E-state index is 12.5. The molecule has 0 unspecified atom stereocenters. The van der Waals surface area contributed by atoms with Crippen LogP contribution in [-0.4, -0.2) is 16.9 Å². The topological polar surface area (TPSA) is 54.4 Å². The van der Waals surface area contributed by atoms with Crippen molar-refractivity contribution in [2.24, 2.45) is 0 Å². The van der Waals surface area contributed by atoms with Gasteiger partial charge in [0.1, 0.15) is 5.78 Å². The lowest BCUT2D eigenvalue weighted by Crippen LogP contribution is -2.11. The zero-order valence-electron chi connectivity index (χ0n) is 15.9. The highest BCUT2D eigenvalue weighted by atomic mass is 35.5. The summed E-state index contributed by atoms with van der Waals surface area (Å²) in [5.74, 6) is -0.351. The van der Waals surface area contributed by atoms with Crippen molar-refractivity contribution in [3.8, 4) is 11.1 Å². The molecular weight excluding hydrogens is 384 g/mol. The molecule has 29 heavy (non-hydrogen) atoms. The number of carboxylic acid groups (broad SMARTS) is 1. The molecule has 1 fully saturated rings. The lowest BCUT2D eigenvalue weighted by molar-refractivity contribution is -0.117. The Bertz CT molecular complexity index is 1050. The van der Waals surface area contributed by atoms with E-state index in [0.29, 0.717) is 10.6 Å². The van der Waals surface area contributed by atoms with Crippen LogP contribution in [-0.2, 0) is 17.6 Å². The molecule has 4 rings (SSSR count). The Morgan fingerprint density at radius 2 is 1.48 bits per heavy atom. The van der Waals surface area contributed by atoms with Crippen LogP contribution < -0.4 is 0 Å². The molecule has 0 heterocycles. The van der Waals surface area contributed by atoms with Crippen LogP contribution in [0.1, 0.15) is 45.8 Å². The number of carbonyl (C=O) groups excluding carboxylic acids is 1. The van der Waals surface area contributed by atoms with Crippen LogP contribution in [0.2, 0.25) is 5.02 Å². The van der Waals surface area contributed by atoms with E-state index in [2.05, 4.69) is 24.3 Å². The molecule has 0 aliphatic heterocycles. The molecule has 3 aromatic rings. The van der Waals surface area contributed by atoms with E-state index < -0.39 is 5.97 Å². The smallest absolute Gasteiger partial charge is 0.335 e. The van der Waals surface area contributed by atoms with Crippen molar-refractivity contribution in [3.63, 3.8) is 0 Å². The van der Waals surface area contributed by atoms with E-state index in [1.54, 1.807) is 6.07 Å². The molecule has 1 aliphatic carbocycles. The molecule has 0 aromatic heterocycles. The highest BCUT2D eigenvalue weighted by Gasteiger charge is 2.23. The summed E-state index contributed by atoms with van der Waals surface area (Å²) in [7, 11) is 0. The van der Waals surface area contributed by atoms with Crippen molar-refractivity contribution in [1.29, 1.82) is 0 Å². The summed E-state index contributed by atoms with van der Waals surface area (Å²) >= 11 is 5.97. The fourth-order valence-corrected chi connectivity index (χ4v) is 3.79. The van der Waals surface area contributed by atoms with Crippen molar-refractivity contribution in [2.45, 2.75) is 31.6 Å². The lowest BCUT2D eigenvalue weighted by Gasteiger charge is -2.08. The Morgan fingerprint density at radius 3 is 2.07 bits per heavy atom. The number of carboxylic acids is 1. The second kappa shape index (κ2) is 8.22. The van der Waals surface area contributed by atoms with Gasteiger partial charge in [-0.15, -0.1) is 0 Å². The highest BCUT2D eigenvalue weighted by molar-refractivity contribution is 6.30. The summed E-state index contributed by atoms with van der Waals surface area (Å²) in [6, 6.07) is 21.2. The van der Waals surface area contributed by atoms with Crippen molar-refractivity contribution >= 4 is 23.4 Å². The predicted molar refractivity (Wildman–Crippen MR) is 115 cm³/mol. The first-order valence-corrected chi connectivity index (χ1v) is 10.1. The zero-order chi connectivity index (χ0) is 20.4. The third kappa shape index (κ3) is 4.75. The molecule has 0 amide bonds. The number of aromatic carboxylic acids is 1. The average Bonchev–Trinajstić information content (AvgIpc) is 3.54. The number of rotatable bonds is 7. The molecule has 1 saturated carbocycles. The number of Topliss-reactive ketones (excluding diaryl/α,β-unsaturated/α-hetero) is 1. The molecular formula is C25H21ClO3. The molecule has 0 radical (unpaired) electrons. The summed E-state index contributed by atoms with van der Waals surface area (Å²) in [6.07, 6.45) is 2.90. The third-order valence-corrected chi connectivity index (χ3v) is 5.57. The van der Waals surface area contributed by atoms with E-state index in [1.807, 2.05) is 24.3 Å². The lowest BCUT2D eigenvalue weighted by atomic mass is 9.97. The summed E-state index contributed by atoms with van der Waals surface area (Å²) in [4.78, 5) is 23.8. The molecule has 4 heteroatoms. The van der Waals surface area contributed by atoms with Gasteiger partial charge in [0.25, 0.3) is 0 Å². The van der Waals surface area contributed by atoms with E-state index in [4.69, 9.17) is 11.6 Å². The summed E-state index contributed by atoms with van der Waals surface area (Å²) in [6.45, 7) is 0. The molecule has 0 spiro atoms. The number of ketones is 1. The Labute approximate surface area is 175 Å². The van der Waals surface area contributed by atoms with Gasteiger partial charge >= 0.3 is 5.97 Å². The Hall–Kier alpha value is -2.91. The van der Waals surface area contributed by atoms with Gasteiger partial charge in [-0.25, -0.2) is 4.79 Å². The van der Waals surface area contributed by atoms with E-state index in [-0.39, 0.29) is 24.2 Å². The van der Waals surface area contributed by atoms with Crippen molar-refractivity contribution in [3.05, 3.63) is 94.0 Å². The average molecular weight is 405 g/mol. The van der Waals surface area contributed by atoms with Gasteiger partial charge < -0.3 is 5.11 Å². The molecule has 0 atom stereocenters. The van der Waals surface area contributed by atoms with Crippen molar-refractivity contribution in [2.75, 3.05) is 0 Å². The van der Waals surface area contributed by atoms with Crippen LogP contribution in [0, 0.1) is 0 Å². The predicted octanol–water partition coefficient (Wildman–Crippen LogP) is 5.94. The summed E-state index contributed by atoms with van der Waals surface area (Å²) < 4.78 is 0. The molecule has 1 aliphatic rings. The van der Waals surface area contributed by atoms with Crippen LogP contribution >= 0.6 is 11.6 Å². The minimum Gasteiger partial charge on any atom is -0.478 e. The highest BCUT2D eigenvalue weighted by Crippen LogP contribution is 2.40. The first-order chi connectivity index (χ1) is 14.0. The van der Waals surface area contributed by atoms with E-state index in [1.165, 1.54) is 30.5 Å². The third-order valence-electron chi connectivity index (χ3n) is 5.33. The van der Waals surface area contributed by atoms with E-state index in [9.17, 15) is 14.7 Å². The van der Waals surface area contributed by atoms with Gasteiger partial charge in [-0.2, -0.15) is 0 Å². The monoisotopic (exact) mass is 404 g/mol. The Balaban J connectivity index is 1.43. The number of hydrogen-bond donors (Lipinski definition) is 1. The molecule has 3 nitrogen and oxygen atoms in total. The molecule has 146 valence electrons. The first-order valence-electron chi connectivity index (χ1n) is 9.72. The van der Waals surface area contributed by atoms with Crippen LogP contribution in [0.5, 0.6) is 0 Å². The van der Waals surface area contributed by atoms with E-state index in [0.717, 1.165) is 22.6 Å². The van der Waals surface area contributed by atoms with Crippen molar-refractivity contribution < 1.29 is 14.7 Å². The largest absolute Gasteiger partial charge is 0.478 e. The normalized spacial score (nSPS) is 13.3. The summed E-state index contributed by atoms with van der Waals surface area (Å²) in [5.41, 5.74) is 5.17. The van der Waals surface area contributed by atoms with Gasteiger partial charge in [-0.3, -0.25) is 4.79 Å². The maximum Gasteiger partial charge on any atom is 0.335 e. The van der Waals surface area contributed by atoms with Gasteiger partial charge in [-0.1, -0.05) is 60.1 Å². The van der Waals surface area contributed by atoms with Crippen LogP contribution in [0.4, 0.5) is 0 Å². The van der Waals surface area contributed by atoms with E-state index >= 15 is 0 Å². The first kappa shape index (κ1) is 19.4. The molecule has 0 bridgehead atoms. The minimum absolute atomic E-state index is 0.0451. The van der Waals surface area contributed by atoms with Gasteiger partial charge in [0, 0.05) is 17.9 Å². The summed E-state index contributed by atoms with van der Waals surface area (Å²) in [5, 5.41) is 9.72. The zero-order valence-corrected chi connectivity index (χ0v) is 16.7. The Kier molecular flexibility index (Phi) is 5.50. The number of halogens is 1. The molecule has 3 aromatic carbocycles. The number of benzene rings is 3. The van der Waals surface area contributed by atoms with Gasteiger partial charge in [0.05, 0.1) is 5.56 Å². The fourth-order valence-electron chi connectivity index (χ4n) is 3.60. The molecule has 0 saturated heterocycles. The quantitative estimate of drug-likeness (QED) is 0.530. The fraction of sp³-hybridized carbons (Fsp3) is 0.200. The van der Waals surface area contributed by atoms with Gasteiger partial charge in [0.15, 0.2) is 0 Å². The molecule has 1 N–H and O–H groups in total. The standard InChI is InChI=1S/C25H21ClO3/c26-22-11-12-24(25(28)29)21(14-22)15-23(27)13-16-1-3-17(4-2-16)18-5-7-19(8-6-18)20-9-10-20/h1-8,11-12,14,20H,9-10,13,15H2,(H,28,29). The van der Waals surface area contributed by atoms with Gasteiger partial charge in [0.2, 0.25) is 0 Å². The SMILES string of the molecule is O=C(Cc1ccc(-c2ccc(C3CC3)cc2)cc1)Cc1cc(Cl)ccc1C(=O)O. The van der Waals surface area contributed by atoms with Crippen molar-refractivity contribution in [1.82, 2.24) is 0 Å². The maximum atomic E-state index is 12.5. The van der Waals surface area contributed by atoms with Gasteiger partial charge in [-0.05, 0) is 64.8 Å². The van der Waals surface area contributed by atoms with Crippen LogP contribution in [0.3, 0.4) is 0 Å². The number of hydrogen-bond acceptors (Lipinski definition) is 2. The Morgan fingerprint density at radius 1 is 0.862 bits per heavy atom. The van der Waals surface area contributed by atoms with Crippen LogP contribution in [0.25, 0.3) is 11.1 Å². The second-order valence-electron chi connectivity index (χ2n) is 7.59.